The summed E-state index contributed by atoms with van der Waals surface area (Å²) in [6.45, 7) is 1.46. The lowest BCUT2D eigenvalue weighted by atomic mass is 10.3. The van der Waals surface area contributed by atoms with Crippen molar-refractivity contribution in [3.63, 3.8) is 0 Å². The van der Waals surface area contributed by atoms with E-state index in [1.807, 2.05) is 73.1 Å². The lowest BCUT2D eigenvalue weighted by molar-refractivity contribution is 0.607. The predicted octanol–water partition coefficient (Wildman–Crippen LogP) is 5.21. The van der Waals surface area contributed by atoms with Gasteiger partial charge in [0.05, 0.1) is 22.1 Å². The molecule has 0 spiro atoms. The van der Waals surface area contributed by atoms with Crippen molar-refractivity contribution in [1.82, 2.24) is 29.1 Å². The summed E-state index contributed by atoms with van der Waals surface area (Å²) in [5.41, 5.74) is 5.85. The van der Waals surface area contributed by atoms with Crippen LogP contribution in [-0.4, -0.2) is 29.1 Å². The summed E-state index contributed by atoms with van der Waals surface area (Å²) in [5, 5.41) is 0. The fraction of sp³-hybridized carbons (Fsp3) is 0.0769. The van der Waals surface area contributed by atoms with E-state index in [1.165, 1.54) is 0 Å². The Kier molecular flexibility index (Phi) is 4.46. The van der Waals surface area contributed by atoms with Crippen molar-refractivity contribution in [3.8, 4) is 23.0 Å². The van der Waals surface area contributed by atoms with Crippen molar-refractivity contribution in [2.24, 2.45) is 0 Å². The second kappa shape index (κ2) is 7.74. The molecule has 0 saturated heterocycles. The average Bonchev–Trinajstić information content (AvgIpc) is 3.42. The van der Waals surface area contributed by atoms with E-state index in [2.05, 4.69) is 43.4 Å². The molecule has 0 aliphatic heterocycles. The smallest absolute Gasteiger partial charge is 0.159 e. The van der Waals surface area contributed by atoms with Gasteiger partial charge >= 0.3 is 0 Å². The van der Waals surface area contributed by atoms with Crippen LogP contribution in [0.25, 0.3) is 45.1 Å². The molecule has 0 saturated carbocycles. The van der Waals surface area contributed by atoms with E-state index in [-0.39, 0.29) is 0 Å². The van der Waals surface area contributed by atoms with E-state index in [0.29, 0.717) is 0 Å². The van der Waals surface area contributed by atoms with Crippen LogP contribution in [-0.2, 0) is 13.1 Å². The Labute approximate surface area is 184 Å². The minimum absolute atomic E-state index is 0.729. The Morgan fingerprint density at radius 2 is 0.938 bits per heavy atom. The van der Waals surface area contributed by atoms with Crippen molar-refractivity contribution >= 4 is 22.1 Å². The molecule has 6 nitrogen and oxygen atoms in total. The summed E-state index contributed by atoms with van der Waals surface area (Å²) in [4.78, 5) is 18.9. The van der Waals surface area contributed by atoms with Gasteiger partial charge in [0.15, 0.2) is 11.6 Å². The van der Waals surface area contributed by atoms with Crippen LogP contribution < -0.4 is 0 Å². The molecule has 0 aliphatic carbocycles. The molecule has 4 aromatic heterocycles. The van der Waals surface area contributed by atoms with Gasteiger partial charge in [0.25, 0.3) is 0 Å². The zero-order valence-corrected chi connectivity index (χ0v) is 17.3. The first-order chi connectivity index (χ1) is 15.9. The van der Waals surface area contributed by atoms with Gasteiger partial charge in [-0.05, 0) is 48.5 Å². The van der Waals surface area contributed by atoms with Crippen molar-refractivity contribution in [1.29, 1.82) is 0 Å². The summed E-state index contributed by atoms with van der Waals surface area (Å²) in [5.74, 6) is 1.74. The van der Waals surface area contributed by atoms with Crippen molar-refractivity contribution in [2.75, 3.05) is 0 Å². The Morgan fingerprint density at radius 1 is 0.500 bits per heavy atom. The van der Waals surface area contributed by atoms with Crippen LogP contribution >= 0.6 is 0 Å². The highest BCUT2D eigenvalue weighted by Gasteiger charge is 2.16. The SMILES string of the molecule is c1ccc(-c2nc3ccccc3n2CCn2c(-c3ccccn3)nc3ccccc32)nc1. The Morgan fingerprint density at radius 3 is 1.38 bits per heavy atom. The van der Waals surface area contributed by atoms with Crippen LogP contribution in [0, 0.1) is 0 Å². The molecule has 0 fully saturated rings. The van der Waals surface area contributed by atoms with Gasteiger partial charge in [-0.3, -0.25) is 9.97 Å². The standard InChI is InChI=1S/C26H20N6/c1-3-13-23-19(9-1)29-25(21-11-5-7-15-27-21)31(23)17-18-32-24-14-4-2-10-20(24)30-26(32)22-12-6-8-16-28-22/h1-16H,17-18H2. The normalized spacial score (nSPS) is 11.4. The van der Waals surface area contributed by atoms with Crippen LogP contribution in [0.2, 0.25) is 0 Å². The van der Waals surface area contributed by atoms with Gasteiger partial charge in [0, 0.05) is 25.5 Å². The summed E-state index contributed by atoms with van der Waals surface area (Å²) in [6.07, 6.45) is 3.61. The average molecular weight is 416 g/mol. The van der Waals surface area contributed by atoms with Crippen molar-refractivity contribution in [2.45, 2.75) is 13.1 Å². The first-order valence-electron chi connectivity index (χ1n) is 10.6. The highest BCUT2D eigenvalue weighted by atomic mass is 15.2. The molecule has 154 valence electrons. The number of imidazole rings is 2. The van der Waals surface area contributed by atoms with Crippen LogP contribution in [0.5, 0.6) is 0 Å². The maximum absolute atomic E-state index is 4.89. The van der Waals surface area contributed by atoms with E-state index in [1.54, 1.807) is 0 Å². The van der Waals surface area contributed by atoms with E-state index in [9.17, 15) is 0 Å². The lowest BCUT2D eigenvalue weighted by Gasteiger charge is -2.12. The van der Waals surface area contributed by atoms with Crippen molar-refractivity contribution < 1.29 is 0 Å². The van der Waals surface area contributed by atoms with Gasteiger partial charge in [-0.2, -0.15) is 0 Å². The number of hydrogen-bond donors (Lipinski definition) is 0. The van der Waals surface area contributed by atoms with E-state index in [0.717, 1.165) is 58.2 Å². The Bertz CT molecular complexity index is 1400. The minimum atomic E-state index is 0.729. The van der Waals surface area contributed by atoms with Gasteiger partial charge < -0.3 is 9.13 Å². The largest absolute Gasteiger partial charge is 0.321 e. The third-order valence-corrected chi connectivity index (χ3v) is 5.64. The number of para-hydroxylation sites is 4. The molecule has 0 bridgehead atoms. The fourth-order valence-electron chi connectivity index (χ4n) is 4.18. The highest BCUT2D eigenvalue weighted by molar-refractivity contribution is 5.81. The molecule has 6 heteroatoms. The second-order valence-electron chi connectivity index (χ2n) is 7.58. The molecule has 4 heterocycles. The van der Waals surface area contributed by atoms with Gasteiger partial charge in [-0.1, -0.05) is 36.4 Å². The summed E-state index contributed by atoms with van der Waals surface area (Å²) >= 11 is 0. The molecule has 0 radical (unpaired) electrons. The van der Waals surface area contributed by atoms with Crippen LogP contribution in [0.1, 0.15) is 0 Å². The number of pyridine rings is 2. The zero-order valence-electron chi connectivity index (χ0n) is 17.3. The summed E-state index contributed by atoms with van der Waals surface area (Å²) < 4.78 is 4.49. The molecular weight excluding hydrogens is 396 g/mol. The monoisotopic (exact) mass is 416 g/mol. The number of nitrogens with zero attached hydrogens (tertiary/aromatic N) is 6. The highest BCUT2D eigenvalue weighted by Crippen LogP contribution is 2.26. The molecule has 0 unspecified atom stereocenters. The molecule has 6 rings (SSSR count). The topological polar surface area (TPSA) is 61.4 Å². The van der Waals surface area contributed by atoms with Gasteiger partial charge in [0.1, 0.15) is 11.4 Å². The molecule has 0 N–H and O–H groups in total. The number of hydrogen-bond acceptors (Lipinski definition) is 4. The van der Waals surface area contributed by atoms with Crippen LogP contribution in [0.15, 0.2) is 97.3 Å². The second-order valence-corrected chi connectivity index (χ2v) is 7.58. The molecule has 32 heavy (non-hydrogen) atoms. The maximum Gasteiger partial charge on any atom is 0.159 e. The summed E-state index contributed by atoms with van der Waals surface area (Å²) in [7, 11) is 0. The molecule has 6 aromatic rings. The van der Waals surface area contributed by atoms with E-state index >= 15 is 0 Å². The summed E-state index contributed by atoms with van der Waals surface area (Å²) in [6, 6.07) is 28.3. The van der Waals surface area contributed by atoms with Gasteiger partial charge in [-0.15, -0.1) is 0 Å². The zero-order chi connectivity index (χ0) is 21.3. The van der Waals surface area contributed by atoms with Gasteiger partial charge in [-0.25, -0.2) is 9.97 Å². The van der Waals surface area contributed by atoms with E-state index in [4.69, 9.17) is 9.97 Å². The molecular formula is C26H20N6. The first-order valence-corrected chi connectivity index (χ1v) is 10.6. The Hall–Kier alpha value is -4.32. The predicted molar refractivity (Wildman–Crippen MR) is 126 cm³/mol. The van der Waals surface area contributed by atoms with Crippen molar-refractivity contribution in [3.05, 3.63) is 97.3 Å². The number of fused-ring (bicyclic) bond motifs is 2. The Balaban J connectivity index is 1.47. The number of aromatic nitrogens is 6. The maximum atomic E-state index is 4.89. The molecule has 0 aliphatic rings. The van der Waals surface area contributed by atoms with Crippen LogP contribution in [0.3, 0.4) is 0 Å². The van der Waals surface area contributed by atoms with Crippen LogP contribution in [0.4, 0.5) is 0 Å². The van der Waals surface area contributed by atoms with Gasteiger partial charge in [0.2, 0.25) is 0 Å². The van der Waals surface area contributed by atoms with E-state index < -0.39 is 0 Å². The first kappa shape index (κ1) is 18.4. The lowest BCUT2D eigenvalue weighted by Crippen LogP contribution is -2.10. The molecule has 2 aromatic carbocycles. The number of rotatable bonds is 5. The quantitative estimate of drug-likeness (QED) is 0.387. The number of benzene rings is 2. The third kappa shape index (κ3) is 3.13. The molecule has 0 atom stereocenters. The number of aryl methyl sites for hydroxylation is 2. The third-order valence-electron chi connectivity index (χ3n) is 5.64. The fourth-order valence-corrected chi connectivity index (χ4v) is 4.18. The molecule has 0 amide bonds. The minimum Gasteiger partial charge on any atom is -0.321 e.